The van der Waals surface area contributed by atoms with Gasteiger partial charge in [0.15, 0.2) is 0 Å². The van der Waals surface area contributed by atoms with Crippen molar-refractivity contribution in [3.63, 3.8) is 0 Å². The van der Waals surface area contributed by atoms with Gasteiger partial charge in [-0.15, -0.1) is 0 Å². The van der Waals surface area contributed by atoms with E-state index in [1.54, 1.807) is 0 Å². The van der Waals surface area contributed by atoms with Crippen molar-refractivity contribution >= 4 is 5.71 Å². The molecule has 1 rings (SSSR count). The van der Waals surface area contributed by atoms with Gasteiger partial charge in [-0.05, 0) is 37.2 Å². The summed E-state index contributed by atoms with van der Waals surface area (Å²) in [6.07, 6.45) is 5.70. The highest BCUT2D eigenvalue weighted by atomic mass is 14.4. The third kappa shape index (κ3) is 2.18. The maximum absolute atomic E-state index is 7.45. The first-order valence-corrected chi connectivity index (χ1v) is 4.26. The van der Waals surface area contributed by atoms with Gasteiger partial charge in [-0.25, -0.2) is 0 Å². The minimum absolute atomic E-state index is 0.471. The Morgan fingerprint density at radius 3 is 2.55 bits per heavy atom. The molecule has 0 amide bonds. The Morgan fingerprint density at radius 2 is 2.18 bits per heavy atom. The molecule has 0 fully saturated rings. The van der Waals surface area contributed by atoms with Gasteiger partial charge >= 0.3 is 0 Å². The van der Waals surface area contributed by atoms with Crippen molar-refractivity contribution in [2.75, 3.05) is 0 Å². The number of rotatable bonds is 1. The molecule has 0 heterocycles. The van der Waals surface area contributed by atoms with Gasteiger partial charge in [0.2, 0.25) is 0 Å². The maximum atomic E-state index is 7.45. The second-order valence-corrected chi connectivity index (χ2v) is 4.22. The molecule has 1 heteroatoms. The van der Waals surface area contributed by atoms with Crippen molar-refractivity contribution in [2.24, 2.45) is 5.41 Å². The Labute approximate surface area is 69.0 Å². The van der Waals surface area contributed by atoms with Crippen LogP contribution in [0.5, 0.6) is 0 Å². The highest BCUT2D eigenvalue weighted by Crippen LogP contribution is 2.34. The lowest BCUT2D eigenvalue weighted by atomic mass is 9.77. The van der Waals surface area contributed by atoms with Gasteiger partial charge in [0, 0.05) is 5.71 Å². The van der Waals surface area contributed by atoms with Crippen LogP contribution >= 0.6 is 0 Å². The summed E-state index contributed by atoms with van der Waals surface area (Å²) in [5.41, 5.74) is 2.48. The van der Waals surface area contributed by atoms with Gasteiger partial charge in [-0.1, -0.05) is 19.9 Å². The van der Waals surface area contributed by atoms with Crippen LogP contribution in [0.4, 0.5) is 0 Å². The zero-order valence-electron chi connectivity index (χ0n) is 7.70. The van der Waals surface area contributed by atoms with E-state index in [1.807, 2.05) is 6.92 Å². The molecule has 0 saturated heterocycles. The first kappa shape index (κ1) is 8.51. The molecule has 0 saturated carbocycles. The van der Waals surface area contributed by atoms with E-state index in [9.17, 15) is 0 Å². The first-order chi connectivity index (χ1) is 5.01. The van der Waals surface area contributed by atoms with Crippen LogP contribution in [0, 0.1) is 10.8 Å². The van der Waals surface area contributed by atoms with E-state index in [2.05, 4.69) is 19.9 Å². The van der Waals surface area contributed by atoms with Crippen molar-refractivity contribution in [3.8, 4) is 0 Å². The van der Waals surface area contributed by atoms with Crippen LogP contribution < -0.4 is 0 Å². The fourth-order valence-corrected chi connectivity index (χ4v) is 1.42. The molecule has 0 aliphatic heterocycles. The molecule has 1 aliphatic rings. The largest absolute Gasteiger partial charge is 0.305 e. The first-order valence-electron chi connectivity index (χ1n) is 4.26. The number of nitrogens with one attached hydrogen (secondary N) is 1. The van der Waals surface area contributed by atoms with Crippen LogP contribution in [-0.4, -0.2) is 5.71 Å². The molecule has 0 aromatic rings. The fraction of sp³-hybridized carbons (Fsp3) is 0.700. The number of hydrogen-bond acceptors (Lipinski definition) is 1. The second-order valence-electron chi connectivity index (χ2n) is 4.22. The second kappa shape index (κ2) is 2.80. The van der Waals surface area contributed by atoms with Crippen LogP contribution in [0.25, 0.3) is 0 Å². The molecule has 11 heavy (non-hydrogen) atoms. The lowest BCUT2D eigenvalue weighted by Crippen LogP contribution is -2.16. The molecule has 0 aromatic heterocycles. The van der Waals surface area contributed by atoms with Crippen molar-refractivity contribution in [3.05, 3.63) is 11.6 Å². The van der Waals surface area contributed by atoms with Crippen LogP contribution in [-0.2, 0) is 0 Å². The lowest BCUT2D eigenvalue weighted by Gasteiger charge is -2.28. The predicted octanol–water partition coefficient (Wildman–Crippen LogP) is 3.16. The molecule has 0 atom stereocenters. The minimum atomic E-state index is 0.471. The summed E-state index contributed by atoms with van der Waals surface area (Å²) in [5, 5.41) is 7.45. The molecule has 0 spiro atoms. The summed E-state index contributed by atoms with van der Waals surface area (Å²) in [7, 11) is 0. The Kier molecular flexibility index (Phi) is 2.17. The van der Waals surface area contributed by atoms with Gasteiger partial charge in [-0.2, -0.15) is 0 Å². The summed E-state index contributed by atoms with van der Waals surface area (Å²) in [6.45, 7) is 6.46. The molecule has 0 unspecified atom stereocenters. The quantitative estimate of drug-likeness (QED) is 0.557. The van der Waals surface area contributed by atoms with Gasteiger partial charge in [0.05, 0.1) is 0 Å². The topological polar surface area (TPSA) is 23.9 Å². The Morgan fingerprint density at radius 1 is 1.55 bits per heavy atom. The lowest BCUT2D eigenvalue weighted by molar-refractivity contribution is 0.328. The van der Waals surface area contributed by atoms with Gasteiger partial charge in [-0.3, -0.25) is 0 Å². The van der Waals surface area contributed by atoms with Crippen LogP contribution in [0.1, 0.15) is 40.0 Å². The van der Waals surface area contributed by atoms with Crippen molar-refractivity contribution in [1.82, 2.24) is 0 Å². The van der Waals surface area contributed by atoms with E-state index in [0.29, 0.717) is 5.41 Å². The SMILES string of the molecule is CC(=N)C1=CCC(C)(C)CC1. The molecule has 62 valence electrons. The van der Waals surface area contributed by atoms with Gasteiger partial charge in [0.25, 0.3) is 0 Å². The highest BCUT2D eigenvalue weighted by Gasteiger charge is 2.21. The third-order valence-electron chi connectivity index (χ3n) is 2.45. The fourth-order valence-electron chi connectivity index (χ4n) is 1.42. The normalized spacial score (nSPS) is 22.6. The van der Waals surface area contributed by atoms with E-state index < -0.39 is 0 Å². The van der Waals surface area contributed by atoms with E-state index in [4.69, 9.17) is 5.41 Å². The van der Waals surface area contributed by atoms with Gasteiger partial charge in [0.1, 0.15) is 0 Å². The Balaban J connectivity index is 2.65. The summed E-state index contributed by atoms with van der Waals surface area (Å²) in [5.74, 6) is 0. The van der Waals surface area contributed by atoms with Crippen molar-refractivity contribution in [1.29, 1.82) is 5.41 Å². The van der Waals surface area contributed by atoms with E-state index in [0.717, 1.165) is 18.6 Å². The summed E-state index contributed by atoms with van der Waals surface area (Å²) in [6, 6.07) is 0. The van der Waals surface area contributed by atoms with Crippen LogP contribution in [0.15, 0.2) is 11.6 Å². The third-order valence-corrected chi connectivity index (χ3v) is 2.45. The Hall–Kier alpha value is -0.590. The average molecular weight is 151 g/mol. The van der Waals surface area contributed by atoms with Gasteiger partial charge < -0.3 is 5.41 Å². The molecular formula is C10H17N. The predicted molar refractivity (Wildman–Crippen MR) is 49.1 cm³/mol. The zero-order chi connectivity index (χ0) is 8.48. The van der Waals surface area contributed by atoms with E-state index >= 15 is 0 Å². The van der Waals surface area contributed by atoms with Crippen molar-refractivity contribution < 1.29 is 0 Å². The van der Waals surface area contributed by atoms with Crippen LogP contribution in [0.3, 0.4) is 0 Å². The maximum Gasteiger partial charge on any atom is 0.0311 e. The molecule has 1 N–H and O–H groups in total. The monoisotopic (exact) mass is 151 g/mol. The average Bonchev–Trinajstić information content (AvgIpc) is 1.86. The zero-order valence-corrected chi connectivity index (χ0v) is 7.70. The molecule has 1 aliphatic carbocycles. The van der Waals surface area contributed by atoms with Crippen LogP contribution in [0.2, 0.25) is 0 Å². The van der Waals surface area contributed by atoms with E-state index in [1.165, 1.54) is 12.0 Å². The molecule has 0 aromatic carbocycles. The molecule has 0 radical (unpaired) electrons. The number of hydrogen-bond donors (Lipinski definition) is 1. The summed E-state index contributed by atoms with van der Waals surface area (Å²) < 4.78 is 0. The highest BCUT2D eigenvalue weighted by molar-refractivity contribution is 5.95. The standard InChI is InChI=1S/C10H17N/c1-8(11)9-4-6-10(2,3)7-5-9/h4,11H,5-7H2,1-3H3. The summed E-state index contributed by atoms with van der Waals surface area (Å²) in [4.78, 5) is 0. The Bertz CT molecular complexity index is 199. The molecular weight excluding hydrogens is 134 g/mol. The molecule has 0 bridgehead atoms. The minimum Gasteiger partial charge on any atom is -0.305 e. The molecule has 1 nitrogen and oxygen atoms in total. The van der Waals surface area contributed by atoms with Crippen molar-refractivity contribution in [2.45, 2.75) is 40.0 Å². The summed E-state index contributed by atoms with van der Waals surface area (Å²) >= 11 is 0. The smallest absolute Gasteiger partial charge is 0.0311 e. The van der Waals surface area contributed by atoms with E-state index in [-0.39, 0.29) is 0 Å². The number of allylic oxidation sites excluding steroid dienone is 2.